The van der Waals surface area contributed by atoms with Crippen LogP contribution in [0.1, 0.15) is 24.2 Å². The number of benzene rings is 1. The molecular formula is C22H28IN5O5. The smallest absolute Gasteiger partial charge is 0.269 e. The number of amides is 1. The molecule has 2 aliphatic rings. The summed E-state index contributed by atoms with van der Waals surface area (Å²) in [6, 6.07) is 10.1. The van der Waals surface area contributed by atoms with Crippen molar-refractivity contribution in [3.05, 3.63) is 64.1 Å². The lowest BCUT2D eigenvalue weighted by Crippen LogP contribution is -2.55. The molecule has 0 spiro atoms. The second-order valence-electron chi connectivity index (χ2n) is 7.81. The van der Waals surface area contributed by atoms with Crippen LogP contribution in [0.3, 0.4) is 0 Å². The summed E-state index contributed by atoms with van der Waals surface area (Å²) in [6.45, 7) is 4.06. The Labute approximate surface area is 209 Å². The molecule has 33 heavy (non-hydrogen) atoms. The molecule has 1 N–H and O–H groups in total. The summed E-state index contributed by atoms with van der Waals surface area (Å²) in [7, 11) is 0. The normalized spacial score (nSPS) is 18.7. The monoisotopic (exact) mass is 569 g/mol. The molecule has 2 aliphatic heterocycles. The number of hydrogen-bond donors (Lipinski definition) is 1. The van der Waals surface area contributed by atoms with Crippen molar-refractivity contribution in [3.63, 3.8) is 0 Å². The Hall–Kier alpha value is -2.67. The third kappa shape index (κ3) is 6.67. The second-order valence-corrected chi connectivity index (χ2v) is 7.81. The number of ether oxygens (including phenoxy) is 1. The highest BCUT2D eigenvalue weighted by Gasteiger charge is 2.31. The Morgan fingerprint density at radius 3 is 2.48 bits per heavy atom. The Morgan fingerprint density at radius 2 is 1.88 bits per heavy atom. The number of halogens is 1. The van der Waals surface area contributed by atoms with Crippen LogP contribution >= 0.6 is 24.0 Å². The van der Waals surface area contributed by atoms with E-state index in [2.05, 4.69) is 10.2 Å². The van der Waals surface area contributed by atoms with Crippen LogP contribution in [-0.2, 0) is 22.6 Å². The zero-order valence-electron chi connectivity index (χ0n) is 18.2. The quantitative estimate of drug-likeness (QED) is 0.187. The van der Waals surface area contributed by atoms with Gasteiger partial charge >= 0.3 is 0 Å². The Balaban J connectivity index is 0.00000306. The molecule has 2 saturated heterocycles. The highest BCUT2D eigenvalue weighted by Crippen LogP contribution is 2.17. The first-order valence-electron chi connectivity index (χ1n) is 10.8. The van der Waals surface area contributed by atoms with Gasteiger partial charge in [-0.2, -0.15) is 0 Å². The number of nitro benzene ring substituents is 1. The van der Waals surface area contributed by atoms with E-state index < -0.39 is 4.92 Å². The summed E-state index contributed by atoms with van der Waals surface area (Å²) in [5.41, 5.74) is 0.932. The maximum Gasteiger partial charge on any atom is 0.269 e. The fraction of sp³-hybridized carbons (Fsp3) is 0.455. The van der Waals surface area contributed by atoms with Crippen molar-refractivity contribution in [2.45, 2.75) is 32.0 Å². The van der Waals surface area contributed by atoms with E-state index in [0.29, 0.717) is 51.8 Å². The number of nitrogens with zero attached hydrogens (tertiary/aromatic N) is 4. The highest BCUT2D eigenvalue weighted by atomic mass is 127. The zero-order valence-corrected chi connectivity index (χ0v) is 20.6. The van der Waals surface area contributed by atoms with Gasteiger partial charge in [0.15, 0.2) is 5.96 Å². The lowest BCUT2D eigenvalue weighted by atomic mass is 10.2. The van der Waals surface area contributed by atoms with Crippen molar-refractivity contribution in [2.75, 3.05) is 32.8 Å². The van der Waals surface area contributed by atoms with Gasteiger partial charge in [0, 0.05) is 44.9 Å². The van der Waals surface area contributed by atoms with Crippen molar-refractivity contribution < 1.29 is 18.9 Å². The molecule has 10 nitrogen and oxygen atoms in total. The summed E-state index contributed by atoms with van der Waals surface area (Å²) >= 11 is 0. The highest BCUT2D eigenvalue weighted by molar-refractivity contribution is 14.0. The lowest BCUT2D eigenvalue weighted by Gasteiger charge is -2.37. The molecule has 2 aromatic rings. The molecule has 2 fully saturated rings. The predicted octanol–water partition coefficient (Wildman–Crippen LogP) is 2.77. The third-order valence-corrected chi connectivity index (χ3v) is 5.66. The first-order valence-corrected chi connectivity index (χ1v) is 10.8. The number of piperazine rings is 1. The largest absolute Gasteiger partial charge is 0.467 e. The minimum absolute atomic E-state index is 0. The van der Waals surface area contributed by atoms with Crippen LogP contribution in [-0.4, -0.2) is 65.5 Å². The van der Waals surface area contributed by atoms with Gasteiger partial charge in [-0.25, -0.2) is 4.99 Å². The van der Waals surface area contributed by atoms with Gasteiger partial charge in [0.2, 0.25) is 0 Å². The number of nitrogens with one attached hydrogen (secondary N) is 1. The van der Waals surface area contributed by atoms with Crippen LogP contribution < -0.4 is 5.32 Å². The average Bonchev–Trinajstić information content (AvgIpc) is 3.54. The molecule has 178 valence electrons. The van der Waals surface area contributed by atoms with Gasteiger partial charge in [-0.05, 0) is 30.5 Å². The van der Waals surface area contributed by atoms with E-state index in [-0.39, 0.29) is 41.7 Å². The fourth-order valence-electron chi connectivity index (χ4n) is 3.85. The number of aliphatic imine (C=N–C) groups is 1. The Kier molecular flexibility index (Phi) is 9.06. The van der Waals surface area contributed by atoms with Crippen LogP contribution in [0.5, 0.6) is 0 Å². The van der Waals surface area contributed by atoms with Gasteiger partial charge in [-0.15, -0.1) is 24.0 Å². The minimum atomic E-state index is -0.416. The summed E-state index contributed by atoms with van der Waals surface area (Å²) in [5.74, 6) is 1.58. The molecule has 4 rings (SSSR count). The molecule has 1 atom stereocenters. The summed E-state index contributed by atoms with van der Waals surface area (Å²) in [6.07, 6.45) is 3.06. The summed E-state index contributed by atoms with van der Waals surface area (Å²) in [4.78, 5) is 31.8. The van der Waals surface area contributed by atoms with E-state index in [0.717, 1.165) is 24.2 Å². The maximum atomic E-state index is 12.6. The molecule has 0 saturated carbocycles. The number of furan rings is 1. The summed E-state index contributed by atoms with van der Waals surface area (Å²) < 4.78 is 10.9. The lowest BCUT2D eigenvalue weighted by molar-refractivity contribution is -0.384. The van der Waals surface area contributed by atoms with Crippen molar-refractivity contribution in [3.8, 4) is 0 Å². The van der Waals surface area contributed by atoms with E-state index in [4.69, 9.17) is 14.1 Å². The zero-order chi connectivity index (χ0) is 22.3. The van der Waals surface area contributed by atoms with Crippen LogP contribution in [0, 0.1) is 10.1 Å². The third-order valence-electron chi connectivity index (χ3n) is 5.66. The van der Waals surface area contributed by atoms with Crippen molar-refractivity contribution in [2.24, 2.45) is 4.99 Å². The molecule has 0 bridgehead atoms. The molecule has 1 unspecified atom stereocenters. The SMILES string of the molecule is I.O=C(C1CCCO1)N1CCN(C(=NCc2ccc([N+](=O)[O-])cc2)NCc2ccco2)CC1. The van der Waals surface area contributed by atoms with Gasteiger partial charge < -0.3 is 24.3 Å². The number of carbonyl (C=O) groups excluding carboxylic acids is 1. The molecule has 0 aliphatic carbocycles. The number of non-ortho nitro benzene ring substituents is 1. The molecular weight excluding hydrogens is 541 g/mol. The minimum Gasteiger partial charge on any atom is -0.467 e. The van der Waals surface area contributed by atoms with Crippen LogP contribution in [0.2, 0.25) is 0 Å². The van der Waals surface area contributed by atoms with Gasteiger partial charge in [0.05, 0.1) is 24.3 Å². The second kappa shape index (κ2) is 12.0. The Morgan fingerprint density at radius 1 is 1.15 bits per heavy atom. The van der Waals surface area contributed by atoms with E-state index >= 15 is 0 Å². The van der Waals surface area contributed by atoms with Crippen LogP contribution in [0.25, 0.3) is 0 Å². The number of hydrogen-bond acceptors (Lipinski definition) is 6. The standard InChI is InChI=1S/C22H27N5O5.HI/c28-21(20-4-2-14-32-20)25-9-11-26(12-10-25)22(24-16-19-3-1-13-31-19)23-15-17-5-7-18(8-6-17)27(29)30;/h1,3,5-8,13,20H,2,4,9-12,14-16H2,(H,23,24);1H. The van der Waals surface area contributed by atoms with Crippen LogP contribution in [0.4, 0.5) is 5.69 Å². The van der Waals surface area contributed by atoms with E-state index in [1.807, 2.05) is 17.0 Å². The molecule has 1 amide bonds. The predicted molar refractivity (Wildman–Crippen MR) is 132 cm³/mol. The number of nitro groups is 1. The molecule has 1 aromatic heterocycles. The van der Waals surface area contributed by atoms with Gasteiger partial charge in [0.1, 0.15) is 11.9 Å². The first-order chi connectivity index (χ1) is 15.6. The van der Waals surface area contributed by atoms with Crippen molar-refractivity contribution in [1.82, 2.24) is 15.1 Å². The molecule has 11 heteroatoms. The topological polar surface area (TPSA) is 113 Å². The molecule has 3 heterocycles. The van der Waals surface area contributed by atoms with Crippen LogP contribution in [0.15, 0.2) is 52.1 Å². The van der Waals surface area contributed by atoms with Gasteiger partial charge in [0.25, 0.3) is 11.6 Å². The first kappa shape index (κ1) is 25.0. The van der Waals surface area contributed by atoms with Gasteiger partial charge in [-0.3, -0.25) is 14.9 Å². The molecule has 1 aromatic carbocycles. The average molecular weight is 569 g/mol. The molecule has 0 radical (unpaired) electrons. The van der Waals surface area contributed by atoms with E-state index in [1.165, 1.54) is 12.1 Å². The fourth-order valence-corrected chi connectivity index (χ4v) is 3.85. The number of carbonyl (C=O) groups is 1. The van der Waals surface area contributed by atoms with E-state index in [9.17, 15) is 14.9 Å². The van der Waals surface area contributed by atoms with Crippen molar-refractivity contribution in [1.29, 1.82) is 0 Å². The van der Waals surface area contributed by atoms with E-state index in [1.54, 1.807) is 18.4 Å². The number of rotatable bonds is 6. The number of guanidine groups is 1. The van der Waals surface area contributed by atoms with Crippen molar-refractivity contribution >= 4 is 41.5 Å². The maximum absolute atomic E-state index is 12.6. The summed E-state index contributed by atoms with van der Waals surface area (Å²) in [5, 5.41) is 14.2. The Bertz CT molecular complexity index is 937. The van der Waals surface area contributed by atoms with Gasteiger partial charge in [-0.1, -0.05) is 12.1 Å².